The number of carbonyl (C=O) groups excluding carboxylic acids is 1. The third-order valence-electron chi connectivity index (χ3n) is 7.35. The Morgan fingerprint density at radius 1 is 0.867 bits per heavy atom. The minimum atomic E-state index is 0.255. The van der Waals surface area contributed by atoms with Crippen molar-refractivity contribution in [3.63, 3.8) is 0 Å². The summed E-state index contributed by atoms with van der Waals surface area (Å²) in [6, 6.07) is 17.4. The second-order valence-electron chi connectivity index (χ2n) is 9.15. The van der Waals surface area contributed by atoms with Gasteiger partial charge in [-0.15, -0.1) is 0 Å². The Balaban J connectivity index is 1.19. The molecule has 0 N–H and O–H groups in total. The average molecular weight is 401 g/mol. The van der Waals surface area contributed by atoms with Crippen LogP contribution in [0.3, 0.4) is 0 Å². The maximum absolute atomic E-state index is 12.8. The first-order valence-electron chi connectivity index (χ1n) is 11.6. The first-order chi connectivity index (χ1) is 14.8. The largest absolute Gasteiger partial charge is 0.312 e. The average Bonchev–Trinajstić information content (AvgIpc) is 3.13. The van der Waals surface area contributed by atoms with Gasteiger partial charge < -0.3 is 9.80 Å². The lowest BCUT2D eigenvalue weighted by Gasteiger charge is -2.39. The first kappa shape index (κ1) is 19.6. The van der Waals surface area contributed by atoms with Gasteiger partial charge in [-0.25, -0.2) is 0 Å². The summed E-state index contributed by atoms with van der Waals surface area (Å²) in [7, 11) is 0. The van der Waals surface area contributed by atoms with Crippen molar-refractivity contribution in [1.29, 1.82) is 0 Å². The standard InChI is InChI=1S/C27H32N2O/c30-26-13-6-3-10-23-9-2-5-12-25(23)29(26)19-7-18-28-20-16-27(17-21-28)15-14-22-8-1-4-11-24(22)27/h1-2,4-5,8-9,11-12,14-15H,3,6-7,10,13,16-21H2. The van der Waals surface area contributed by atoms with Crippen molar-refractivity contribution in [2.45, 2.75) is 50.4 Å². The van der Waals surface area contributed by atoms with E-state index in [1.807, 2.05) is 0 Å². The summed E-state index contributed by atoms with van der Waals surface area (Å²) in [5, 5.41) is 0. The fourth-order valence-corrected chi connectivity index (χ4v) is 5.59. The topological polar surface area (TPSA) is 23.6 Å². The minimum Gasteiger partial charge on any atom is -0.312 e. The molecule has 2 aromatic carbocycles. The SMILES string of the molecule is O=C1CCCCc2ccccc2N1CCCN1CCC2(C=Cc3ccccc32)CC1. The molecule has 1 spiro atoms. The monoisotopic (exact) mass is 400 g/mol. The zero-order chi connectivity index (χ0) is 20.4. The van der Waals surface area contributed by atoms with Crippen LogP contribution in [0.4, 0.5) is 5.69 Å². The number of para-hydroxylation sites is 1. The molecule has 2 aromatic rings. The van der Waals surface area contributed by atoms with Gasteiger partial charge in [-0.05, 0) is 80.9 Å². The predicted molar refractivity (Wildman–Crippen MR) is 124 cm³/mol. The maximum atomic E-state index is 12.8. The van der Waals surface area contributed by atoms with Crippen LogP contribution in [0, 0.1) is 0 Å². The van der Waals surface area contributed by atoms with E-state index in [0.29, 0.717) is 12.3 Å². The molecule has 0 aromatic heterocycles. The molecular formula is C27H32N2O. The molecule has 0 atom stereocenters. The van der Waals surface area contributed by atoms with Gasteiger partial charge in [0.05, 0.1) is 0 Å². The molecule has 30 heavy (non-hydrogen) atoms. The minimum absolute atomic E-state index is 0.255. The number of anilines is 1. The summed E-state index contributed by atoms with van der Waals surface area (Å²) in [4.78, 5) is 17.5. The number of benzene rings is 2. The summed E-state index contributed by atoms with van der Waals surface area (Å²) in [5.74, 6) is 0.299. The molecule has 3 nitrogen and oxygen atoms in total. The van der Waals surface area contributed by atoms with Gasteiger partial charge in [0, 0.05) is 24.1 Å². The number of rotatable bonds is 4. The highest BCUT2D eigenvalue weighted by Gasteiger charge is 2.37. The smallest absolute Gasteiger partial charge is 0.226 e. The van der Waals surface area contributed by atoms with E-state index >= 15 is 0 Å². The number of likely N-dealkylation sites (tertiary alicyclic amines) is 1. The number of hydrogen-bond acceptors (Lipinski definition) is 2. The molecule has 5 rings (SSSR count). The summed E-state index contributed by atoms with van der Waals surface area (Å²) in [6.45, 7) is 4.19. The number of amides is 1. The van der Waals surface area contributed by atoms with Crippen molar-refractivity contribution in [2.24, 2.45) is 0 Å². The number of fused-ring (bicyclic) bond motifs is 3. The molecule has 3 heteroatoms. The number of allylic oxidation sites excluding steroid dienone is 1. The van der Waals surface area contributed by atoms with Crippen LogP contribution in [0.15, 0.2) is 54.6 Å². The summed E-state index contributed by atoms with van der Waals surface area (Å²) >= 11 is 0. The van der Waals surface area contributed by atoms with Crippen LogP contribution in [-0.4, -0.2) is 37.0 Å². The van der Waals surface area contributed by atoms with E-state index in [-0.39, 0.29) is 5.41 Å². The van der Waals surface area contributed by atoms with Crippen LogP contribution in [0.25, 0.3) is 6.08 Å². The maximum Gasteiger partial charge on any atom is 0.226 e. The Labute approximate surface area is 180 Å². The predicted octanol–water partition coefficient (Wildman–Crippen LogP) is 5.20. The first-order valence-corrected chi connectivity index (χ1v) is 11.6. The van der Waals surface area contributed by atoms with Gasteiger partial charge in [-0.2, -0.15) is 0 Å². The van der Waals surface area contributed by atoms with Crippen molar-refractivity contribution >= 4 is 17.7 Å². The van der Waals surface area contributed by atoms with Gasteiger partial charge in [0.15, 0.2) is 0 Å². The van der Waals surface area contributed by atoms with Crippen molar-refractivity contribution in [1.82, 2.24) is 4.90 Å². The number of hydrogen-bond donors (Lipinski definition) is 0. The van der Waals surface area contributed by atoms with E-state index in [9.17, 15) is 4.79 Å². The van der Waals surface area contributed by atoms with Gasteiger partial charge in [-0.3, -0.25) is 4.79 Å². The molecule has 0 unspecified atom stereocenters. The molecule has 156 valence electrons. The van der Waals surface area contributed by atoms with Crippen molar-refractivity contribution < 1.29 is 4.79 Å². The van der Waals surface area contributed by atoms with Gasteiger partial charge in [0.25, 0.3) is 0 Å². The Bertz CT molecular complexity index is 939. The highest BCUT2D eigenvalue weighted by Crippen LogP contribution is 2.43. The quantitative estimate of drug-likeness (QED) is 0.704. The van der Waals surface area contributed by atoms with Gasteiger partial charge in [0.1, 0.15) is 0 Å². The molecule has 1 saturated heterocycles. The van der Waals surface area contributed by atoms with Crippen LogP contribution >= 0.6 is 0 Å². The zero-order valence-electron chi connectivity index (χ0n) is 17.9. The van der Waals surface area contributed by atoms with Crippen LogP contribution < -0.4 is 4.90 Å². The Hall–Kier alpha value is -2.39. The van der Waals surface area contributed by atoms with Crippen LogP contribution in [0.5, 0.6) is 0 Å². The lowest BCUT2D eigenvalue weighted by molar-refractivity contribution is -0.118. The molecule has 2 heterocycles. The molecule has 0 saturated carbocycles. The second-order valence-corrected chi connectivity index (χ2v) is 9.15. The summed E-state index contributed by atoms with van der Waals surface area (Å²) in [5.41, 5.74) is 5.66. The third-order valence-corrected chi connectivity index (χ3v) is 7.35. The number of carbonyl (C=O) groups is 1. The molecule has 1 aliphatic carbocycles. The second kappa shape index (κ2) is 8.39. The number of aryl methyl sites for hydroxylation is 1. The van der Waals surface area contributed by atoms with Crippen LogP contribution in [0.1, 0.15) is 55.2 Å². The Kier molecular flexibility index (Phi) is 5.47. The Morgan fingerprint density at radius 3 is 2.53 bits per heavy atom. The van der Waals surface area contributed by atoms with E-state index in [1.165, 1.54) is 29.5 Å². The van der Waals surface area contributed by atoms with E-state index in [4.69, 9.17) is 0 Å². The van der Waals surface area contributed by atoms with E-state index in [2.05, 4.69) is 70.5 Å². The highest BCUT2D eigenvalue weighted by molar-refractivity contribution is 5.94. The molecule has 1 fully saturated rings. The molecular weight excluding hydrogens is 368 g/mol. The van der Waals surface area contributed by atoms with Crippen molar-refractivity contribution in [3.8, 4) is 0 Å². The number of nitrogens with zero attached hydrogens (tertiary/aromatic N) is 2. The zero-order valence-corrected chi connectivity index (χ0v) is 17.9. The van der Waals surface area contributed by atoms with Gasteiger partial charge in [-0.1, -0.05) is 54.6 Å². The molecule has 0 bridgehead atoms. The van der Waals surface area contributed by atoms with E-state index in [0.717, 1.165) is 57.5 Å². The van der Waals surface area contributed by atoms with Gasteiger partial charge >= 0.3 is 0 Å². The van der Waals surface area contributed by atoms with Crippen LogP contribution in [0.2, 0.25) is 0 Å². The normalized spacial score (nSPS) is 20.7. The molecule has 3 aliphatic rings. The lowest BCUT2D eigenvalue weighted by Crippen LogP contribution is -2.42. The van der Waals surface area contributed by atoms with Crippen molar-refractivity contribution in [3.05, 3.63) is 71.3 Å². The van der Waals surface area contributed by atoms with Crippen molar-refractivity contribution in [2.75, 3.05) is 31.1 Å². The third kappa shape index (κ3) is 3.72. The van der Waals surface area contributed by atoms with Crippen LogP contribution in [-0.2, 0) is 16.6 Å². The molecule has 0 radical (unpaired) electrons. The summed E-state index contributed by atoms with van der Waals surface area (Å²) in [6.07, 6.45) is 12.1. The fraction of sp³-hybridized carbons (Fsp3) is 0.444. The Morgan fingerprint density at radius 2 is 1.63 bits per heavy atom. The molecule has 2 aliphatic heterocycles. The summed E-state index contributed by atoms with van der Waals surface area (Å²) < 4.78 is 0. The number of piperidine rings is 1. The van der Waals surface area contributed by atoms with E-state index < -0.39 is 0 Å². The van der Waals surface area contributed by atoms with Gasteiger partial charge in [0.2, 0.25) is 5.91 Å². The highest BCUT2D eigenvalue weighted by atomic mass is 16.2. The molecule has 1 amide bonds. The van der Waals surface area contributed by atoms with E-state index in [1.54, 1.807) is 0 Å². The fourth-order valence-electron chi connectivity index (χ4n) is 5.59. The lowest BCUT2D eigenvalue weighted by atomic mass is 9.74.